The molecule has 190 valence electrons. The van der Waals surface area contributed by atoms with Gasteiger partial charge in [-0.3, -0.25) is 9.78 Å². The van der Waals surface area contributed by atoms with Gasteiger partial charge in [-0.25, -0.2) is 26.4 Å². The van der Waals surface area contributed by atoms with Crippen LogP contribution in [0.4, 0.5) is 13.2 Å². The molecule has 12 heteroatoms. The number of nitrogens with one attached hydrogen (secondary N) is 1. The van der Waals surface area contributed by atoms with Gasteiger partial charge in [-0.05, 0) is 61.0 Å². The van der Waals surface area contributed by atoms with E-state index in [1.165, 1.54) is 12.1 Å². The van der Waals surface area contributed by atoms with E-state index in [0.717, 1.165) is 48.7 Å². The van der Waals surface area contributed by atoms with Crippen molar-refractivity contribution >= 4 is 21.7 Å². The highest BCUT2D eigenvalue weighted by Crippen LogP contribution is 2.36. The number of rotatable bonds is 10. The Kier molecular flexibility index (Phi) is 8.78. The van der Waals surface area contributed by atoms with Crippen LogP contribution in [0.25, 0.3) is 0 Å². The summed E-state index contributed by atoms with van der Waals surface area (Å²) in [4.78, 5) is 27.1. The third-order valence-electron chi connectivity index (χ3n) is 4.87. The maximum atomic E-state index is 14.7. The molecule has 36 heavy (non-hydrogen) atoms. The van der Waals surface area contributed by atoms with Gasteiger partial charge in [0.25, 0.3) is 5.91 Å². The van der Waals surface area contributed by atoms with Crippen LogP contribution in [0.15, 0.2) is 65.7 Å². The lowest BCUT2D eigenvalue weighted by atomic mass is 10.0. The maximum Gasteiger partial charge on any atom is 0.332 e. The monoisotopic (exact) mass is 522 g/mol. The Morgan fingerprint density at radius 2 is 1.69 bits per heavy atom. The number of aromatic nitrogens is 1. The minimum Gasteiger partial charge on any atom is -0.464 e. The summed E-state index contributed by atoms with van der Waals surface area (Å²) in [5, 5.41) is 0.620. The molecule has 1 N–H and O–H groups in total. The molecule has 0 saturated carbocycles. The van der Waals surface area contributed by atoms with Crippen LogP contribution in [0.3, 0.4) is 0 Å². The van der Waals surface area contributed by atoms with Gasteiger partial charge in [-0.15, -0.1) is 0 Å². The average Bonchev–Trinajstić information content (AvgIpc) is 2.85. The van der Waals surface area contributed by atoms with Gasteiger partial charge in [0.05, 0.1) is 11.5 Å². The van der Waals surface area contributed by atoms with Crippen molar-refractivity contribution in [3.63, 3.8) is 0 Å². The van der Waals surface area contributed by atoms with Gasteiger partial charge in [0.15, 0.2) is 9.84 Å². The van der Waals surface area contributed by atoms with Crippen molar-refractivity contribution in [3.8, 4) is 0 Å². The van der Waals surface area contributed by atoms with Crippen molar-refractivity contribution in [2.24, 2.45) is 0 Å². The zero-order chi connectivity index (χ0) is 26.3. The average molecular weight is 523 g/mol. The van der Waals surface area contributed by atoms with Crippen molar-refractivity contribution in [1.29, 1.82) is 0 Å². The molecule has 1 heterocycles. The SMILES string of the molecule is CCOC(=O)COCNC(=O)c1ccc(C(c2cc(F)ccc2F)S(=O)(=O)c2ccc(F)cc2)cn1. The zero-order valence-electron chi connectivity index (χ0n) is 18.9. The number of carbonyl (C=O) groups is 2. The minimum atomic E-state index is -4.40. The Morgan fingerprint density at radius 1 is 1.00 bits per heavy atom. The lowest BCUT2D eigenvalue weighted by molar-refractivity contribution is -0.148. The fourth-order valence-corrected chi connectivity index (χ4v) is 5.04. The Hall–Kier alpha value is -3.77. The quantitative estimate of drug-likeness (QED) is 0.188. The fourth-order valence-electron chi connectivity index (χ4n) is 3.24. The number of hydrogen-bond acceptors (Lipinski definition) is 7. The second-order valence-electron chi connectivity index (χ2n) is 7.33. The predicted molar refractivity (Wildman–Crippen MR) is 121 cm³/mol. The smallest absolute Gasteiger partial charge is 0.332 e. The van der Waals surface area contributed by atoms with E-state index in [0.29, 0.717) is 0 Å². The predicted octanol–water partition coefficient (Wildman–Crippen LogP) is 3.33. The number of sulfone groups is 1. The van der Waals surface area contributed by atoms with Crippen LogP contribution < -0.4 is 5.32 Å². The summed E-state index contributed by atoms with van der Waals surface area (Å²) >= 11 is 0. The van der Waals surface area contributed by atoms with Crippen LogP contribution in [0.1, 0.15) is 33.8 Å². The standard InChI is InChI=1S/C24H21F3N2O6S/c1-2-35-22(30)13-34-14-29-24(31)21-10-3-15(12-28-21)23(19-11-17(26)6-9-20(19)27)36(32,33)18-7-4-16(25)5-8-18/h3-12,23H,2,13-14H2,1H3,(H,29,31). The third-order valence-corrected chi connectivity index (χ3v) is 6.95. The zero-order valence-corrected chi connectivity index (χ0v) is 19.7. The lowest BCUT2D eigenvalue weighted by Gasteiger charge is -2.19. The van der Waals surface area contributed by atoms with E-state index in [1.807, 2.05) is 0 Å². The molecule has 0 aliphatic heterocycles. The number of hydrogen-bond donors (Lipinski definition) is 1. The molecule has 3 aromatic rings. The Morgan fingerprint density at radius 3 is 2.33 bits per heavy atom. The molecule has 0 spiro atoms. The van der Waals surface area contributed by atoms with Crippen molar-refractivity contribution < 1.29 is 40.7 Å². The second-order valence-corrected chi connectivity index (χ2v) is 9.36. The molecule has 2 aromatic carbocycles. The number of ether oxygens (including phenoxy) is 2. The molecule has 3 rings (SSSR count). The van der Waals surface area contributed by atoms with Gasteiger partial charge in [0.1, 0.15) is 41.7 Å². The summed E-state index contributed by atoms with van der Waals surface area (Å²) in [5.41, 5.74) is -0.666. The number of carbonyl (C=O) groups excluding carboxylic acids is 2. The van der Waals surface area contributed by atoms with Crippen molar-refractivity contribution in [3.05, 3.63) is 95.1 Å². The maximum absolute atomic E-state index is 14.7. The summed E-state index contributed by atoms with van der Waals surface area (Å²) in [5.74, 6) is -3.82. The van der Waals surface area contributed by atoms with E-state index in [-0.39, 0.29) is 36.1 Å². The van der Waals surface area contributed by atoms with E-state index >= 15 is 0 Å². The first-order valence-corrected chi connectivity index (χ1v) is 12.1. The molecule has 0 saturated heterocycles. The van der Waals surface area contributed by atoms with Gasteiger partial charge in [0.2, 0.25) is 0 Å². The van der Waals surface area contributed by atoms with Crippen LogP contribution in [-0.2, 0) is 24.1 Å². The summed E-state index contributed by atoms with van der Waals surface area (Å²) in [6.07, 6.45) is 1.05. The fraction of sp³-hybridized carbons (Fsp3) is 0.208. The molecule has 0 bridgehead atoms. The molecule has 0 aliphatic rings. The molecule has 1 amide bonds. The molecule has 8 nitrogen and oxygen atoms in total. The van der Waals surface area contributed by atoms with Crippen LogP contribution in [0.2, 0.25) is 0 Å². The number of amides is 1. The highest BCUT2D eigenvalue weighted by Gasteiger charge is 2.34. The molecular formula is C24H21F3N2O6S. The van der Waals surface area contributed by atoms with Crippen LogP contribution >= 0.6 is 0 Å². The number of nitrogens with zero attached hydrogens (tertiary/aromatic N) is 1. The number of benzene rings is 2. The summed E-state index contributed by atoms with van der Waals surface area (Å²) in [6.45, 7) is 1.12. The number of pyridine rings is 1. The van der Waals surface area contributed by atoms with Crippen molar-refractivity contribution in [2.45, 2.75) is 17.1 Å². The molecule has 1 unspecified atom stereocenters. The van der Waals surface area contributed by atoms with Gasteiger partial charge in [-0.2, -0.15) is 0 Å². The highest BCUT2D eigenvalue weighted by molar-refractivity contribution is 7.91. The van der Waals surface area contributed by atoms with Crippen LogP contribution in [0, 0.1) is 17.5 Å². The molecule has 0 aliphatic carbocycles. The molecule has 1 aromatic heterocycles. The first-order valence-electron chi connectivity index (χ1n) is 10.6. The number of esters is 1. The van der Waals surface area contributed by atoms with E-state index in [1.54, 1.807) is 6.92 Å². The molecule has 1 atom stereocenters. The summed E-state index contributed by atoms with van der Waals surface area (Å²) in [6, 6.07) is 8.71. The molecular weight excluding hydrogens is 501 g/mol. The second kappa shape index (κ2) is 11.8. The minimum absolute atomic E-state index is 0.0565. The summed E-state index contributed by atoms with van der Waals surface area (Å²) < 4.78 is 78.5. The van der Waals surface area contributed by atoms with Crippen LogP contribution in [0.5, 0.6) is 0 Å². The first kappa shape index (κ1) is 26.8. The Labute approximate surface area is 205 Å². The largest absolute Gasteiger partial charge is 0.464 e. The third kappa shape index (κ3) is 6.46. The normalized spacial score (nSPS) is 12.1. The van der Waals surface area contributed by atoms with E-state index in [4.69, 9.17) is 4.74 Å². The Bertz CT molecular complexity index is 1330. The van der Waals surface area contributed by atoms with Gasteiger partial charge < -0.3 is 14.8 Å². The van der Waals surface area contributed by atoms with Gasteiger partial charge >= 0.3 is 5.97 Å². The van der Waals surface area contributed by atoms with E-state index < -0.39 is 50.0 Å². The highest BCUT2D eigenvalue weighted by atomic mass is 32.2. The van der Waals surface area contributed by atoms with Crippen molar-refractivity contribution in [2.75, 3.05) is 19.9 Å². The van der Waals surface area contributed by atoms with Crippen molar-refractivity contribution in [1.82, 2.24) is 10.3 Å². The lowest BCUT2D eigenvalue weighted by Crippen LogP contribution is -2.28. The molecule has 0 radical (unpaired) electrons. The van der Waals surface area contributed by atoms with Crippen LogP contribution in [-0.4, -0.2) is 45.2 Å². The topological polar surface area (TPSA) is 112 Å². The van der Waals surface area contributed by atoms with Gasteiger partial charge in [0, 0.05) is 11.8 Å². The Balaban J connectivity index is 1.88. The van der Waals surface area contributed by atoms with Gasteiger partial charge in [-0.1, -0.05) is 6.07 Å². The summed E-state index contributed by atoms with van der Waals surface area (Å²) in [7, 11) is -4.40. The van der Waals surface area contributed by atoms with E-state index in [9.17, 15) is 31.2 Å². The first-order chi connectivity index (χ1) is 17.1. The molecule has 0 fully saturated rings. The number of halogens is 3. The van der Waals surface area contributed by atoms with E-state index in [2.05, 4.69) is 15.0 Å².